The molecule has 6 aromatic rings. The minimum absolute atomic E-state index is 0.0109. The number of fused-ring (bicyclic) bond motifs is 4. The lowest BCUT2D eigenvalue weighted by atomic mass is 9.73. The largest absolute Gasteiger partial charge is 0.337 e. The summed E-state index contributed by atoms with van der Waals surface area (Å²) in [4.78, 5) is 115. The van der Waals surface area contributed by atoms with Crippen LogP contribution in [0.1, 0.15) is 175 Å². The number of aromatic nitrogens is 5. The van der Waals surface area contributed by atoms with Crippen molar-refractivity contribution in [1.82, 2.24) is 49.2 Å². The number of halogens is 1. The molecule has 7 aliphatic rings. The molecule has 3 aromatic heterocycles. The van der Waals surface area contributed by atoms with Crippen molar-refractivity contribution in [2.75, 3.05) is 49.5 Å². The lowest BCUT2D eigenvalue weighted by molar-refractivity contribution is -0.136. The number of imide groups is 2. The van der Waals surface area contributed by atoms with E-state index in [2.05, 4.69) is 37.5 Å². The van der Waals surface area contributed by atoms with E-state index in [1.54, 1.807) is 37.5 Å². The molecular weight excluding hydrogens is 1080 g/mol. The maximum atomic E-state index is 16.0. The molecule has 0 bridgehead atoms. The van der Waals surface area contributed by atoms with Gasteiger partial charge in [-0.3, -0.25) is 53.4 Å². The van der Waals surface area contributed by atoms with E-state index in [4.69, 9.17) is 15.1 Å². The fourth-order valence-electron chi connectivity index (χ4n) is 14.5. The van der Waals surface area contributed by atoms with E-state index in [0.717, 1.165) is 60.5 Å². The van der Waals surface area contributed by atoms with Gasteiger partial charge in [0, 0.05) is 86.7 Å². The van der Waals surface area contributed by atoms with Gasteiger partial charge in [0.1, 0.15) is 23.1 Å². The van der Waals surface area contributed by atoms with Gasteiger partial charge >= 0.3 is 0 Å². The molecule has 5 fully saturated rings. The number of pyridine rings is 1. The SMILES string of the molecule is Cc1cc(F)c(Nc2nc(-c3ccc4c(c3)N(C3CC(N5CCCCC5)C3)C(=O)C43CCN(C(=O)c4ccn(C5CCN(Cc6cccc7c6C(=O)N(C6CCC(=O)NC6=O)C7=O)CC5)n4)CC3)cc3ncn(C(C)C)c23)cc1C(=O)CC(C)C. The molecule has 4 saturated heterocycles. The Bertz CT molecular complexity index is 3730. The van der Waals surface area contributed by atoms with Gasteiger partial charge in [0.15, 0.2) is 11.6 Å². The molecule has 1 saturated carbocycles. The van der Waals surface area contributed by atoms with Crippen LogP contribution in [0.2, 0.25) is 0 Å². The van der Waals surface area contributed by atoms with Crippen molar-refractivity contribution in [1.29, 1.82) is 0 Å². The average molecular weight is 1150 g/mol. The number of nitrogens with one attached hydrogen (secondary N) is 2. The molecule has 6 aliphatic heterocycles. The van der Waals surface area contributed by atoms with Crippen LogP contribution in [0.25, 0.3) is 22.3 Å². The second kappa shape index (κ2) is 22.1. The monoisotopic (exact) mass is 1150 g/mol. The number of amides is 6. The van der Waals surface area contributed by atoms with Crippen molar-refractivity contribution < 1.29 is 38.0 Å². The van der Waals surface area contributed by atoms with Gasteiger partial charge in [-0.05, 0) is 151 Å². The standard InChI is InChI=1S/C65H73FN12O7/c1-37(2)28-55(79)46-33-51(48(66)29-39(46)5)69-59-58-52(67-36-75(58)38(3)4)34-50(68-59)40-12-13-47-54(30-40)77(44-31-43(32-44)73-21-7-6-8-22-73)64(85)65(47)19-26-74(27-20-65)62(83)49-18-25-76(71-49)42-16-23-72(24-17-42)35-41-10-9-11-45-57(41)63(84)78(61(45)82)53-14-15-56(80)70-60(53)81/h9-13,18,25,29-30,33-34,36-38,42-44,53H,6-8,14-17,19-24,26-28,31-32,35H2,1-5H3,(H,68,69)(H,70,80,81). The van der Waals surface area contributed by atoms with Crippen LogP contribution in [0.4, 0.5) is 21.6 Å². The number of imidazole rings is 1. The smallest absolute Gasteiger partial charge is 0.274 e. The fraction of sp³-hybridized carbons (Fsp3) is 0.477. The molecule has 9 heterocycles. The minimum atomic E-state index is -1.03. The zero-order valence-electron chi connectivity index (χ0n) is 49.0. The Kier molecular flexibility index (Phi) is 14.6. The van der Waals surface area contributed by atoms with Crippen LogP contribution in [-0.4, -0.2) is 143 Å². The zero-order chi connectivity index (χ0) is 59.2. The molecule has 19 nitrogen and oxygen atoms in total. The van der Waals surface area contributed by atoms with E-state index < -0.39 is 40.9 Å². The Labute approximate surface area is 493 Å². The van der Waals surface area contributed by atoms with E-state index in [9.17, 15) is 28.8 Å². The minimum Gasteiger partial charge on any atom is -0.337 e. The number of piperidine rings is 4. The van der Waals surface area contributed by atoms with Crippen molar-refractivity contribution >= 4 is 69.5 Å². The third-order valence-electron chi connectivity index (χ3n) is 19.2. The number of ketones is 1. The summed E-state index contributed by atoms with van der Waals surface area (Å²) >= 11 is 0. The number of likely N-dealkylation sites (tertiary alicyclic amines) is 3. The number of aryl methyl sites for hydroxylation is 1. The van der Waals surface area contributed by atoms with Crippen molar-refractivity contribution in [2.24, 2.45) is 5.92 Å². The molecule has 442 valence electrons. The van der Waals surface area contributed by atoms with Crippen LogP contribution in [0.3, 0.4) is 0 Å². The Hall–Kier alpha value is -7.97. The predicted octanol–water partition coefficient (Wildman–Crippen LogP) is 9.07. The Morgan fingerprint density at radius 1 is 0.824 bits per heavy atom. The first kappa shape index (κ1) is 56.2. The van der Waals surface area contributed by atoms with Gasteiger partial charge in [-0.25, -0.2) is 14.4 Å². The van der Waals surface area contributed by atoms with E-state index in [1.807, 2.05) is 66.2 Å². The maximum absolute atomic E-state index is 16.0. The van der Waals surface area contributed by atoms with Gasteiger partial charge in [-0.1, -0.05) is 44.5 Å². The van der Waals surface area contributed by atoms with Gasteiger partial charge in [-0.15, -0.1) is 0 Å². The van der Waals surface area contributed by atoms with Gasteiger partial charge in [-0.2, -0.15) is 5.10 Å². The number of hydrogen-bond acceptors (Lipinski definition) is 13. The van der Waals surface area contributed by atoms with Crippen LogP contribution in [-0.2, 0) is 26.3 Å². The number of anilines is 3. The fourth-order valence-corrected chi connectivity index (χ4v) is 14.5. The summed E-state index contributed by atoms with van der Waals surface area (Å²) in [5, 5.41) is 10.4. The highest BCUT2D eigenvalue weighted by Gasteiger charge is 2.56. The average Bonchev–Trinajstić information content (AvgIpc) is 1.74. The Morgan fingerprint density at radius 3 is 2.32 bits per heavy atom. The summed E-state index contributed by atoms with van der Waals surface area (Å²) in [6.07, 6.45) is 11.9. The number of carbonyl (C=O) groups is 7. The van der Waals surface area contributed by atoms with Crippen LogP contribution in [0.15, 0.2) is 73.2 Å². The summed E-state index contributed by atoms with van der Waals surface area (Å²) in [5.74, 6) is -2.21. The second-order valence-electron chi connectivity index (χ2n) is 25.4. The van der Waals surface area contributed by atoms with E-state index in [-0.39, 0.29) is 65.7 Å². The lowest BCUT2D eigenvalue weighted by Gasteiger charge is -2.48. The molecule has 3 aromatic carbocycles. The summed E-state index contributed by atoms with van der Waals surface area (Å²) in [5.41, 5.74) is 6.54. The Morgan fingerprint density at radius 2 is 1.59 bits per heavy atom. The Balaban J connectivity index is 0.719. The number of Topliss-reactive ketones (excluding diaryl/α,β-unsaturated/α-hetero) is 1. The topological polar surface area (TPSA) is 208 Å². The van der Waals surface area contributed by atoms with Gasteiger partial charge < -0.3 is 24.6 Å². The molecule has 0 radical (unpaired) electrons. The molecule has 20 heteroatoms. The predicted molar refractivity (Wildman–Crippen MR) is 317 cm³/mol. The van der Waals surface area contributed by atoms with Crippen molar-refractivity contribution in [3.05, 3.63) is 118 Å². The highest BCUT2D eigenvalue weighted by molar-refractivity contribution is 6.24. The number of benzene rings is 3. The van der Waals surface area contributed by atoms with Crippen LogP contribution >= 0.6 is 0 Å². The van der Waals surface area contributed by atoms with Gasteiger partial charge in [0.2, 0.25) is 17.7 Å². The number of hydrogen-bond donors (Lipinski definition) is 2. The molecule has 1 atom stereocenters. The first-order valence-corrected chi connectivity index (χ1v) is 30.6. The molecule has 1 aliphatic carbocycles. The summed E-state index contributed by atoms with van der Waals surface area (Å²) in [7, 11) is 0. The first-order chi connectivity index (χ1) is 40.9. The van der Waals surface area contributed by atoms with Crippen molar-refractivity contribution in [3.63, 3.8) is 0 Å². The second-order valence-corrected chi connectivity index (χ2v) is 25.4. The highest BCUT2D eigenvalue weighted by atomic mass is 19.1. The van der Waals surface area contributed by atoms with E-state index >= 15 is 9.18 Å². The highest BCUT2D eigenvalue weighted by Crippen LogP contribution is 2.52. The van der Waals surface area contributed by atoms with Gasteiger partial charge in [0.05, 0.1) is 45.8 Å². The zero-order valence-corrected chi connectivity index (χ0v) is 49.0. The number of nitrogens with zero attached hydrogens (tertiary/aromatic N) is 10. The number of rotatable bonds is 14. The van der Waals surface area contributed by atoms with E-state index in [0.29, 0.717) is 109 Å². The molecule has 1 spiro atoms. The molecule has 2 N–H and O–H groups in total. The van der Waals surface area contributed by atoms with Gasteiger partial charge in [0.25, 0.3) is 17.7 Å². The molecule has 1 unspecified atom stereocenters. The molecule has 6 amide bonds. The van der Waals surface area contributed by atoms with Crippen molar-refractivity contribution in [2.45, 2.75) is 154 Å². The summed E-state index contributed by atoms with van der Waals surface area (Å²) in [6.45, 7) is 14.6. The third-order valence-corrected chi connectivity index (χ3v) is 19.2. The normalized spacial score (nSPS) is 22.0. The maximum Gasteiger partial charge on any atom is 0.274 e. The summed E-state index contributed by atoms with van der Waals surface area (Å²) < 4.78 is 19.9. The van der Waals surface area contributed by atoms with Crippen molar-refractivity contribution in [3.8, 4) is 11.3 Å². The van der Waals surface area contributed by atoms with E-state index in [1.165, 1.54) is 25.3 Å². The van der Waals surface area contributed by atoms with Crippen LogP contribution in [0, 0.1) is 18.7 Å². The summed E-state index contributed by atoms with van der Waals surface area (Å²) in [6, 6.07) is 17.6. The third kappa shape index (κ3) is 10.0. The lowest BCUT2D eigenvalue weighted by Crippen LogP contribution is -2.58. The quantitative estimate of drug-likeness (QED) is 0.0772. The van der Waals surface area contributed by atoms with Crippen LogP contribution < -0.4 is 15.5 Å². The molecule has 85 heavy (non-hydrogen) atoms. The number of carbonyl (C=O) groups excluding carboxylic acids is 7. The first-order valence-electron chi connectivity index (χ1n) is 30.6. The molecule has 13 rings (SSSR count). The van der Waals surface area contributed by atoms with Crippen LogP contribution in [0.5, 0.6) is 0 Å². The molecular formula is C65H73FN12O7.